The van der Waals surface area contributed by atoms with E-state index in [2.05, 4.69) is 31.3 Å². The van der Waals surface area contributed by atoms with E-state index in [9.17, 15) is 19.8 Å². The summed E-state index contributed by atoms with van der Waals surface area (Å²) in [6.45, 7) is 4.95. The Morgan fingerprint density at radius 2 is 0.691 bits per heavy atom. The zero-order chi connectivity index (χ0) is 49.3. The highest BCUT2D eigenvalue weighted by Crippen LogP contribution is 2.18. The van der Waals surface area contributed by atoms with Gasteiger partial charge in [-0.1, -0.05) is 296 Å². The van der Waals surface area contributed by atoms with E-state index in [-0.39, 0.29) is 18.5 Å². The molecule has 0 aliphatic heterocycles. The lowest BCUT2D eigenvalue weighted by Gasteiger charge is -2.22. The molecule has 0 aromatic carbocycles. The molecule has 0 aliphatic rings. The normalized spacial score (nSPS) is 12.6. The van der Waals surface area contributed by atoms with Crippen LogP contribution in [-0.2, 0) is 14.3 Å². The first-order valence-electron chi connectivity index (χ1n) is 30.9. The second kappa shape index (κ2) is 58.2. The van der Waals surface area contributed by atoms with E-state index in [0.29, 0.717) is 25.9 Å². The maximum Gasteiger partial charge on any atom is 0.305 e. The fourth-order valence-corrected chi connectivity index (χ4v) is 9.81. The van der Waals surface area contributed by atoms with Gasteiger partial charge in [-0.25, -0.2) is 0 Å². The number of rotatable bonds is 58. The van der Waals surface area contributed by atoms with Crippen molar-refractivity contribution < 1.29 is 24.5 Å². The molecule has 0 aliphatic carbocycles. The highest BCUT2D eigenvalue weighted by Gasteiger charge is 2.20. The molecule has 2 atom stereocenters. The molecule has 0 aromatic rings. The number of allylic oxidation sites excluding steroid dienone is 2. The predicted octanol–water partition coefficient (Wildman–Crippen LogP) is 19.2. The first-order chi connectivity index (χ1) is 33.5. The van der Waals surface area contributed by atoms with Crippen molar-refractivity contribution in [3.63, 3.8) is 0 Å². The van der Waals surface area contributed by atoms with E-state index >= 15 is 0 Å². The van der Waals surface area contributed by atoms with Crippen LogP contribution >= 0.6 is 0 Å². The lowest BCUT2D eigenvalue weighted by Crippen LogP contribution is -2.45. The van der Waals surface area contributed by atoms with Gasteiger partial charge in [0, 0.05) is 12.8 Å². The number of carbonyl (C=O) groups is 2. The van der Waals surface area contributed by atoms with Gasteiger partial charge in [-0.05, 0) is 51.4 Å². The Morgan fingerprint density at radius 1 is 0.397 bits per heavy atom. The molecule has 0 bridgehead atoms. The maximum atomic E-state index is 12.5. The van der Waals surface area contributed by atoms with Crippen molar-refractivity contribution in [3.05, 3.63) is 12.2 Å². The van der Waals surface area contributed by atoms with Gasteiger partial charge in [-0.2, -0.15) is 0 Å². The first-order valence-corrected chi connectivity index (χ1v) is 30.9. The molecular weight excluding hydrogens is 839 g/mol. The molecule has 68 heavy (non-hydrogen) atoms. The fraction of sp³-hybridized carbons (Fsp3) is 0.935. The average Bonchev–Trinajstić information content (AvgIpc) is 3.34. The summed E-state index contributed by atoms with van der Waals surface area (Å²) >= 11 is 0. The molecule has 6 heteroatoms. The van der Waals surface area contributed by atoms with Crippen molar-refractivity contribution in [2.24, 2.45) is 0 Å². The standard InChI is InChI=1S/C62H121NO5/c1-3-5-7-9-11-13-15-17-19-20-21-22-23-24-27-30-34-38-42-46-50-54-60(65)59(58-64)63-61(66)55-51-47-43-39-35-31-28-25-29-33-37-41-45-49-53-57-68-62(67)56-52-48-44-40-36-32-26-18-16-14-12-10-8-6-4-2/h29,33,59-60,64-65H,3-28,30-32,34-58H2,1-2H3,(H,63,66)/b33-29-. The van der Waals surface area contributed by atoms with Crippen LogP contribution in [0, 0.1) is 0 Å². The Bertz CT molecular complexity index is 1020. The lowest BCUT2D eigenvalue weighted by molar-refractivity contribution is -0.143. The third-order valence-electron chi connectivity index (χ3n) is 14.6. The molecule has 0 rings (SSSR count). The number of aliphatic hydroxyl groups is 2. The van der Waals surface area contributed by atoms with Crippen LogP contribution in [0.4, 0.5) is 0 Å². The number of amides is 1. The van der Waals surface area contributed by atoms with Crippen LogP contribution in [0.2, 0.25) is 0 Å². The fourth-order valence-electron chi connectivity index (χ4n) is 9.81. The van der Waals surface area contributed by atoms with E-state index in [4.69, 9.17) is 4.74 Å². The highest BCUT2D eigenvalue weighted by molar-refractivity contribution is 5.76. The number of nitrogens with one attached hydrogen (secondary N) is 1. The average molecular weight is 961 g/mol. The van der Waals surface area contributed by atoms with Crippen LogP contribution in [0.15, 0.2) is 12.2 Å². The summed E-state index contributed by atoms with van der Waals surface area (Å²) in [6, 6.07) is -0.553. The molecule has 0 radical (unpaired) electrons. The Morgan fingerprint density at radius 3 is 1.04 bits per heavy atom. The van der Waals surface area contributed by atoms with Crippen LogP contribution in [0.5, 0.6) is 0 Å². The van der Waals surface area contributed by atoms with Gasteiger partial charge in [0.2, 0.25) is 5.91 Å². The minimum absolute atomic E-state index is 0.00608. The maximum absolute atomic E-state index is 12.5. The number of esters is 1. The van der Waals surface area contributed by atoms with Gasteiger partial charge in [-0.3, -0.25) is 9.59 Å². The largest absolute Gasteiger partial charge is 0.466 e. The Balaban J connectivity index is 3.45. The van der Waals surface area contributed by atoms with Gasteiger partial charge in [-0.15, -0.1) is 0 Å². The number of carbonyl (C=O) groups excluding carboxylic acids is 2. The zero-order valence-corrected chi connectivity index (χ0v) is 46.1. The van der Waals surface area contributed by atoms with Gasteiger partial charge < -0.3 is 20.3 Å². The molecule has 0 saturated carbocycles. The zero-order valence-electron chi connectivity index (χ0n) is 46.1. The molecule has 0 saturated heterocycles. The number of hydrogen-bond donors (Lipinski definition) is 3. The first kappa shape index (κ1) is 66.6. The second-order valence-corrected chi connectivity index (χ2v) is 21.4. The van der Waals surface area contributed by atoms with Gasteiger partial charge in [0.25, 0.3) is 0 Å². The summed E-state index contributed by atoms with van der Waals surface area (Å²) in [5.74, 6) is -0.0523. The van der Waals surface area contributed by atoms with E-state index in [1.54, 1.807) is 0 Å². The third kappa shape index (κ3) is 53.9. The van der Waals surface area contributed by atoms with Crippen molar-refractivity contribution in [1.82, 2.24) is 5.32 Å². The number of unbranched alkanes of at least 4 members (excludes halogenated alkanes) is 45. The van der Waals surface area contributed by atoms with Crippen LogP contribution in [-0.4, -0.2) is 47.4 Å². The molecule has 0 spiro atoms. The Kier molecular flexibility index (Phi) is 57.0. The Labute approximate surface area is 425 Å². The topological polar surface area (TPSA) is 95.9 Å². The third-order valence-corrected chi connectivity index (χ3v) is 14.6. The molecule has 0 aromatic heterocycles. The molecule has 404 valence electrons. The van der Waals surface area contributed by atoms with Crippen molar-refractivity contribution in [2.45, 2.75) is 360 Å². The summed E-state index contributed by atoms with van der Waals surface area (Å²) in [7, 11) is 0. The van der Waals surface area contributed by atoms with Crippen molar-refractivity contribution in [2.75, 3.05) is 13.2 Å². The van der Waals surface area contributed by atoms with Gasteiger partial charge in [0.1, 0.15) is 0 Å². The molecule has 6 nitrogen and oxygen atoms in total. The summed E-state index contributed by atoms with van der Waals surface area (Å²) in [6.07, 6.45) is 69.3. The van der Waals surface area contributed by atoms with Crippen LogP contribution in [0.1, 0.15) is 348 Å². The highest BCUT2D eigenvalue weighted by atomic mass is 16.5. The molecular formula is C62H121NO5. The van der Waals surface area contributed by atoms with Crippen LogP contribution in [0.25, 0.3) is 0 Å². The Hall–Kier alpha value is -1.40. The molecule has 0 fully saturated rings. The van der Waals surface area contributed by atoms with E-state index in [1.165, 1.54) is 244 Å². The monoisotopic (exact) mass is 960 g/mol. The summed E-state index contributed by atoms with van der Waals surface area (Å²) < 4.78 is 5.47. The minimum Gasteiger partial charge on any atom is -0.466 e. The van der Waals surface area contributed by atoms with Crippen molar-refractivity contribution in [1.29, 1.82) is 0 Å². The number of ether oxygens (including phenoxy) is 1. The summed E-state index contributed by atoms with van der Waals surface area (Å²) in [5, 5.41) is 23.4. The van der Waals surface area contributed by atoms with Crippen molar-refractivity contribution in [3.8, 4) is 0 Å². The SMILES string of the molecule is CCCCCCCCCCCCCCCCCCCCCCCC(O)C(CO)NC(=O)CCCCCCCCC/C=C\CCCCCCOC(=O)CCCCCCCCCCCCCCCCC. The van der Waals surface area contributed by atoms with E-state index in [0.717, 1.165) is 70.6 Å². The minimum atomic E-state index is -0.674. The van der Waals surface area contributed by atoms with Gasteiger partial charge >= 0.3 is 5.97 Å². The summed E-state index contributed by atoms with van der Waals surface area (Å²) in [4.78, 5) is 24.6. The van der Waals surface area contributed by atoms with Gasteiger partial charge in [0.15, 0.2) is 0 Å². The molecule has 0 heterocycles. The van der Waals surface area contributed by atoms with Crippen molar-refractivity contribution >= 4 is 11.9 Å². The summed E-state index contributed by atoms with van der Waals surface area (Å²) in [5.41, 5.74) is 0. The number of hydrogen-bond acceptors (Lipinski definition) is 5. The van der Waals surface area contributed by atoms with E-state index < -0.39 is 12.1 Å². The van der Waals surface area contributed by atoms with E-state index in [1.807, 2.05) is 0 Å². The molecule has 1 amide bonds. The lowest BCUT2D eigenvalue weighted by atomic mass is 10.0. The van der Waals surface area contributed by atoms with Crippen LogP contribution < -0.4 is 5.32 Å². The molecule has 3 N–H and O–H groups in total. The second-order valence-electron chi connectivity index (χ2n) is 21.4. The predicted molar refractivity (Wildman–Crippen MR) is 297 cm³/mol. The van der Waals surface area contributed by atoms with Gasteiger partial charge in [0.05, 0.1) is 25.4 Å². The number of aliphatic hydroxyl groups excluding tert-OH is 2. The quantitative estimate of drug-likeness (QED) is 0.0321. The molecule has 2 unspecified atom stereocenters. The van der Waals surface area contributed by atoms with Crippen LogP contribution in [0.3, 0.4) is 0 Å². The smallest absolute Gasteiger partial charge is 0.305 e.